The summed E-state index contributed by atoms with van der Waals surface area (Å²) in [5.74, 6) is -2.20. The van der Waals surface area contributed by atoms with E-state index in [1.165, 1.54) is 18.2 Å². The number of carbonyl (C=O) groups excluding carboxylic acids is 2. The summed E-state index contributed by atoms with van der Waals surface area (Å²) in [5.41, 5.74) is 0.341. The van der Waals surface area contributed by atoms with Gasteiger partial charge in [0.15, 0.2) is 0 Å². The van der Waals surface area contributed by atoms with E-state index in [0.717, 1.165) is 12.8 Å². The average molecular weight is 272 g/mol. The zero-order valence-electron chi connectivity index (χ0n) is 9.75. The van der Waals surface area contributed by atoms with Crippen molar-refractivity contribution in [1.82, 2.24) is 0 Å². The molecular weight excluding hydrogens is 261 g/mol. The highest BCUT2D eigenvalue weighted by Crippen LogP contribution is 2.30. The SMILES string of the molecule is O=C(Nc1cccc(NC(=O)C(F)(F)F)c1)C1CC1. The largest absolute Gasteiger partial charge is 0.471 e. The molecule has 1 aromatic rings. The maximum Gasteiger partial charge on any atom is 0.471 e. The molecule has 1 aliphatic carbocycles. The molecule has 19 heavy (non-hydrogen) atoms. The first-order chi connectivity index (χ1) is 8.86. The van der Waals surface area contributed by atoms with Crippen LogP contribution in [0.5, 0.6) is 0 Å². The molecule has 1 fully saturated rings. The molecule has 2 rings (SSSR count). The summed E-state index contributed by atoms with van der Waals surface area (Å²) < 4.78 is 36.2. The normalized spacial score (nSPS) is 14.9. The van der Waals surface area contributed by atoms with Crippen LogP contribution in [0.15, 0.2) is 24.3 Å². The van der Waals surface area contributed by atoms with Gasteiger partial charge in [-0.25, -0.2) is 0 Å². The van der Waals surface area contributed by atoms with Crippen molar-refractivity contribution in [2.75, 3.05) is 10.6 Å². The van der Waals surface area contributed by atoms with Crippen molar-refractivity contribution >= 4 is 23.2 Å². The number of anilines is 2. The van der Waals surface area contributed by atoms with E-state index in [4.69, 9.17) is 0 Å². The number of benzene rings is 1. The first kappa shape index (κ1) is 13.4. The van der Waals surface area contributed by atoms with Crippen molar-refractivity contribution in [3.8, 4) is 0 Å². The molecule has 2 amide bonds. The number of carbonyl (C=O) groups is 2. The van der Waals surface area contributed by atoms with Gasteiger partial charge in [0.2, 0.25) is 5.91 Å². The lowest BCUT2D eigenvalue weighted by Crippen LogP contribution is -2.29. The third kappa shape index (κ3) is 3.70. The Kier molecular flexibility index (Phi) is 3.46. The molecule has 0 heterocycles. The van der Waals surface area contributed by atoms with Crippen LogP contribution in [0.25, 0.3) is 0 Å². The third-order valence-corrected chi connectivity index (χ3v) is 2.59. The van der Waals surface area contributed by atoms with Crippen LogP contribution in [0.4, 0.5) is 24.5 Å². The van der Waals surface area contributed by atoms with E-state index < -0.39 is 12.1 Å². The number of amides is 2. The maximum atomic E-state index is 12.1. The molecule has 0 bridgehead atoms. The van der Waals surface area contributed by atoms with Crippen LogP contribution < -0.4 is 10.6 Å². The molecule has 1 saturated carbocycles. The third-order valence-electron chi connectivity index (χ3n) is 2.59. The van der Waals surface area contributed by atoms with E-state index in [9.17, 15) is 22.8 Å². The second kappa shape index (κ2) is 4.91. The van der Waals surface area contributed by atoms with Crippen LogP contribution in [0.1, 0.15) is 12.8 Å². The fourth-order valence-corrected chi connectivity index (χ4v) is 1.47. The van der Waals surface area contributed by atoms with Gasteiger partial charge in [0, 0.05) is 17.3 Å². The molecule has 102 valence electrons. The van der Waals surface area contributed by atoms with Gasteiger partial charge >= 0.3 is 12.1 Å². The molecular formula is C12H11F3N2O2. The highest BCUT2D eigenvalue weighted by Gasteiger charge is 2.38. The summed E-state index contributed by atoms with van der Waals surface area (Å²) >= 11 is 0. The smallest absolute Gasteiger partial charge is 0.326 e. The molecule has 0 aromatic heterocycles. The minimum atomic E-state index is -4.94. The van der Waals surface area contributed by atoms with E-state index >= 15 is 0 Å². The predicted molar refractivity (Wildman–Crippen MR) is 62.5 cm³/mol. The summed E-state index contributed by atoms with van der Waals surface area (Å²) in [6, 6.07) is 5.60. The number of rotatable bonds is 3. The first-order valence-corrected chi connectivity index (χ1v) is 5.65. The van der Waals surface area contributed by atoms with Gasteiger partial charge in [-0.15, -0.1) is 0 Å². The van der Waals surface area contributed by atoms with Gasteiger partial charge in [0.1, 0.15) is 0 Å². The van der Waals surface area contributed by atoms with Crippen LogP contribution in [0.2, 0.25) is 0 Å². The standard InChI is InChI=1S/C12H11F3N2O2/c13-12(14,15)11(19)17-9-3-1-2-8(6-9)16-10(18)7-4-5-7/h1-3,6-7H,4-5H2,(H,16,18)(H,17,19). The minimum absolute atomic E-state index is 0.00609. The highest BCUT2D eigenvalue weighted by atomic mass is 19.4. The second-order valence-corrected chi connectivity index (χ2v) is 4.30. The molecule has 4 nitrogen and oxygen atoms in total. The summed E-state index contributed by atoms with van der Waals surface area (Å²) in [5, 5.41) is 4.31. The zero-order chi connectivity index (χ0) is 14.0. The van der Waals surface area contributed by atoms with E-state index in [-0.39, 0.29) is 17.5 Å². The lowest BCUT2D eigenvalue weighted by Gasteiger charge is -2.10. The second-order valence-electron chi connectivity index (χ2n) is 4.30. The number of hydrogen-bond donors (Lipinski definition) is 2. The van der Waals surface area contributed by atoms with Crippen LogP contribution in [0.3, 0.4) is 0 Å². The molecule has 7 heteroatoms. The number of halogens is 3. The fraction of sp³-hybridized carbons (Fsp3) is 0.333. The van der Waals surface area contributed by atoms with Crippen LogP contribution >= 0.6 is 0 Å². The van der Waals surface area contributed by atoms with Crippen LogP contribution in [-0.2, 0) is 9.59 Å². The zero-order valence-corrected chi connectivity index (χ0v) is 9.75. The van der Waals surface area contributed by atoms with E-state index in [0.29, 0.717) is 5.69 Å². The molecule has 1 aromatic carbocycles. The first-order valence-electron chi connectivity index (χ1n) is 5.65. The van der Waals surface area contributed by atoms with E-state index in [1.54, 1.807) is 11.4 Å². The van der Waals surface area contributed by atoms with Crippen molar-refractivity contribution < 1.29 is 22.8 Å². The number of nitrogens with one attached hydrogen (secondary N) is 2. The summed E-state index contributed by atoms with van der Waals surface area (Å²) in [6.07, 6.45) is -3.28. The van der Waals surface area contributed by atoms with Gasteiger partial charge in [-0.05, 0) is 31.0 Å². The number of hydrogen-bond acceptors (Lipinski definition) is 2. The lowest BCUT2D eigenvalue weighted by molar-refractivity contribution is -0.167. The Bertz CT molecular complexity index is 510. The lowest BCUT2D eigenvalue weighted by atomic mass is 10.2. The predicted octanol–water partition coefficient (Wildman–Crippen LogP) is 2.54. The Hall–Kier alpha value is -2.05. The molecule has 0 atom stereocenters. The maximum absolute atomic E-state index is 12.1. The topological polar surface area (TPSA) is 58.2 Å². The van der Waals surface area contributed by atoms with E-state index in [1.807, 2.05) is 0 Å². The minimum Gasteiger partial charge on any atom is -0.326 e. The Labute approximate surface area is 107 Å². The summed E-state index contributed by atoms with van der Waals surface area (Å²) in [6.45, 7) is 0. The highest BCUT2D eigenvalue weighted by molar-refractivity contribution is 5.97. The van der Waals surface area contributed by atoms with Crippen molar-refractivity contribution in [3.05, 3.63) is 24.3 Å². The molecule has 1 aliphatic rings. The Balaban J connectivity index is 2.02. The van der Waals surface area contributed by atoms with Gasteiger partial charge in [-0.3, -0.25) is 9.59 Å². The van der Waals surface area contributed by atoms with Gasteiger partial charge < -0.3 is 10.6 Å². The van der Waals surface area contributed by atoms with Gasteiger partial charge in [0.05, 0.1) is 0 Å². The molecule has 0 radical (unpaired) electrons. The Morgan fingerprint density at radius 2 is 1.68 bits per heavy atom. The average Bonchev–Trinajstić information content (AvgIpc) is 3.11. The molecule has 0 saturated heterocycles. The molecule has 0 unspecified atom stereocenters. The van der Waals surface area contributed by atoms with Gasteiger partial charge in [0.25, 0.3) is 0 Å². The van der Waals surface area contributed by atoms with E-state index in [2.05, 4.69) is 5.32 Å². The summed E-state index contributed by atoms with van der Waals surface area (Å²) in [4.78, 5) is 22.3. The monoisotopic (exact) mass is 272 g/mol. The van der Waals surface area contributed by atoms with Crippen molar-refractivity contribution in [2.24, 2.45) is 5.92 Å². The quantitative estimate of drug-likeness (QED) is 0.888. The van der Waals surface area contributed by atoms with Crippen LogP contribution in [0, 0.1) is 5.92 Å². The van der Waals surface area contributed by atoms with Crippen molar-refractivity contribution in [1.29, 1.82) is 0 Å². The van der Waals surface area contributed by atoms with Gasteiger partial charge in [-0.1, -0.05) is 6.07 Å². The van der Waals surface area contributed by atoms with Crippen LogP contribution in [-0.4, -0.2) is 18.0 Å². The van der Waals surface area contributed by atoms with Crippen molar-refractivity contribution in [3.63, 3.8) is 0 Å². The fourth-order valence-electron chi connectivity index (χ4n) is 1.47. The summed E-state index contributed by atoms with van der Waals surface area (Å²) in [7, 11) is 0. The van der Waals surface area contributed by atoms with Crippen molar-refractivity contribution in [2.45, 2.75) is 19.0 Å². The molecule has 0 aliphatic heterocycles. The van der Waals surface area contributed by atoms with Gasteiger partial charge in [-0.2, -0.15) is 13.2 Å². The molecule has 2 N–H and O–H groups in total. The number of alkyl halides is 3. The Morgan fingerprint density at radius 1 is 1.11 bits per heavy atom. The Morgan fingerprint density at radius 3 is 2.21 bits per heavy atom. The molecule has 0 spiro atoms.